The molecule has 1 aliphatic heterocycles. The number of rotatable bonds is 7. The summed E-state index contributed by atoms with van der Waals surface area (Å²) in [6.45, 7) is 4.29. The number of hydrogen-bond acceptors (Lipinski definition) is 8. The minimum absolute atomic E-state index is 0.186. The van der Waals surface area contributed by atoms with Crippen molar-refractivity contribution in [3.63, 3.8) is 0 Å². The lowest BCUT2D eigenvalue weighted by Gasteiger charge is -2.38. The molecular weight excluding hydrogens is 553 g/mol. The average molecular weight is 586 g/mol. The predicted molar refractivity (Wildman–Crippen MR) is 162 cm³/mol. The largest absolute Gasteiger partial charge is 0.497 e. The number of likely N-dealkylation sites (N-methyl/N-ethyl adjacent to an activating group) is 1. The zero-order chi connectivity index (χ0) is 30.7. The molecule has 3 aromatic carbocycles. The first-order chi connectivity index (χ1) is 20.7. The first-order valence-corrected chi connectivity index (χ1v) is 13.7. The number of nitrogens with one attached hydrogen (secondary N) is 1. The maximum Gasteiger partial charge on any atom is 0.327 e. The van der Waals surface area contributed by atoms with Crippen molar-refractivity contribution in [1.82, 2.24) is 14.6 Å². The van der Waals surface area contributed by atoms with Crippen LogP contribution in [-0.4, -0.2) is 68.0 Å². The van der Waals surface area contributed by atoms with E-state index in [2.05, 4.69) is 16.3 Å². The summed E-state index contributed by atoms with van der Waals surface area (Å²) in [7, 11) is 5.02. The molecule has 12 heteroatoms. The van der Waals surface area contributed by atoms with E-state index in [1.54, 1.807) is 49.4 Å². The molecule has 0 radical (unpaired) electrons. The van der Waals surface area contributed by atoms with E-state index in [0.29, 0.717) is 41.5 Å². The second kappa shape index (κ2) is 12.4. The summed E-state index contributed by atoms with van der Waals surface area (Å²) in [6, 6.07) is 16.0. The summed E-state index contributed by atoms with van der Waals surface area (Å²) in [5.41, 5.74) is 1.12. The predicted octanol–water partition coefficient (Wildman–Crippen LogP) is 4.11. The van der Waals surface area contributed by atoms with Crippen LogP contribution in [0.5, 0.6) is 11.5 Å². The second-order valence-corrected chi connectivity index (χ2v) is 10.2. The fraction of sp³-hybridized carbons (Fsp3) is 0.290. The Morgan fingerprint density at radius 1 is 1.05 bits per heavy atom. The van der Waals surface area contributed by atoms with Crippen LogP contribution in [0.15, 0.2) is 65.5 Å². The number of amides is 2. The smallest absolute Gasteiger partial charge is 0.327 e. The van der Waals surface area contributed by atoms with Crippen molar-refractivity contribution in [3.8, 4) is 17.6 Å². The third-order valence-corrected chi connectivity index (χ3v) is 7.49. The number of aromatic nitrogens is 2. The van der Waals surface area contributed by atoms with Gasteiger partial charge in [-0.25, -0.2) is 18.8 Å². The van der Waals surface area contributed by atoms with Crippen molar-refractivity contribution in [1.29, 1.82) is 5.26 Å². The molecule has 0 bridgehead atoms. The summed E-state index contributed by atoms with van der Waals surface area (Å²) < 4.78 is 26.9. The van der Waals surface area contributed by atoms with E-state index in [9.17, 15) is 19.2 Å². The number of urea groups is 1. The van der Waals surface area contributed by atoms with Crippen LogP contribution < -0.4 is 30.3 Å². The number of halogens is 1. The first kappa shape index (κ1) is 29.3. The van der Waals surface area contributed by atoms with E-state index in [0.717, 1.165) is 13.1 Å². The van der Waals surface area contributed by atoms with Gasteiger partial charge in [0.1, 0.15) is 17.3 Å². The van der Waals surface area contributed by atoms with Crippen LogP contribution in [0.25, 0.3) is 10.9 Å². The minimum atomic E-state index is -0.847. The molecule has 2 heterocycles. The summed E-state index contributed by atoms with van der Waals surface area (Å²) in [6.07, 6.45) is 0. The van der Waals surface area contributed by atoms with E-state index < -0.39 is 17.9 Å². The van der Waals surface area contributed by atoms with Gasteiger partial charge < -0.3 is 24.7 Å². The van der Waals surface area contributed by atoms with Crippen LogP contribution >= 0.6 is 0 Å². The molecule has 1 N–H and O–H groups in total. The standard InChI is InChI=1S/C31H32FN7O4/c1-20(29-35-26-17-22(32)7-11-25(26)30(40)39(29)37-15-13-36(2)14-16-37)38(27-12-10-24(42-3)18-28(27)43-4)31(41)34-23-8-5-21(19-33)6-9-23/h5-12,17-18,20H,13-16H2,1-4H3,(H,34,41). The zero-order valence-corrected chi connectivity index (χ0v) is 24.4. The molecule has 1 aliphatic rings. The van der Waals surface area contributed by atoms with E-state index in [4.69, 9.17) is 14.5 Å². The van der Waals surface area contributed by atoms with Crippen molar-refractivity contribution in [2.24, 2.45) is 0 Å². The highest BCUT2D eigenvalue weighted by atomic mass is 19.1. The van der Waals surface area contributed by atoms with Crippen LogP contribution in [0.4, 0.5) is 20.6 Å². The topological polar surface area (TPSA) is 116 Å². The van der Waals surface area contributed by atoms with Crippen molar-refractivity contribution >= 4 is 28.3 Å². The van der Waals surface area contributed by atoms with Gasteiger partial charge in [0.15, 0.2) is 5.82 Å². The Morgan fingerprint density at radius 2 is 1.77 bits per heavy atom. The molecule has 0 spiro atoms. The monoisotopic (exact) mass is 585 g/mol. The molecule has 1 unspecified atom stereocenters. The molecule has 1 saturated heterocycles. The molecule has 43 heavy (non-hydrogen) atoms. The first-order valence-electron chi connectivity index (χ1n) is 13.7. The van der Waals surface area contributed by atoms with Crippen LogP contribution in [0.3, 0.4) is 0 Å². The highest BCUT2D eigenvalue weighted by molar-refractivity contribution is 6.03. The van der Waals surface area contributed by atoms with Gasteiger partial charge in [0.05, 0.1) is 48.5 Å². The number of methoxy groups -OCH3 is 2. The molecule has 11 nitrogen and oxygen atoms in total. The number of hydrogen-bond donors (Lipinski definition) is 1. The van der Waals surface area contributed by atoms with Crippen LogP contribution in [0, 0.1) is 17.1 Å². The van der Waals surface area contributed by atoms with Gasteiger partial charge in [0.2, 0.25) is 0 Å². The minimum Gasteiger partial charge on any atom is -0.497 e. The second-order valence-electron chi connectivity index (χ2n) is 10.2. The number of fused-ring (bicyclic) bond motifs is 1. The third-order valence-electron chi connectivity index (χ3n) is 7.49. The van der Waals surface area contributed by atoms with Crippen molar-refractivity contribution in [2.45, 2.75) is 13.0 Å². The zero-order valence-electron chi connectivity index (χ0n) is 24.4. The molecule has 0 aliphatic carbocycles. The number of piperazine rings is 1. The van der Waals surface area contributed by atoms with E-state index in [1.165, 1.54) is 42.0 Å². The number of benzene rings is 3. The van der Waals surface area contributed by atoms with Crippen molar-refractivity contribution in [2.75, 3.05) is 62.7 Å². The molecule has 2 amide bonds. The Hall–Kier alpha value is -5.15. The lowest BCUT2D eigenvalue weighted by molar-refractivity contribution is 0.253. The third kappa shape index (κ3) is 5.93. The molecular formula is C31H32FN7O4. The van der Waals surface area contributed by atoms with Gasteiger partial charge in [-0.1, -0.05) is 0 Å². The number of carbonyl (C=O) groups excluding carboxylic acids is 1. The SMILES string of the molecule is COc1ccc(N(C(=O)Nc2ccc(C#N)cc2)C(C)c2nc3cc(F)ccc3c(=O)n2N2CCN(C)CC2)c(OC)c1. The number of ether oxygens (including phenoxy) is 2. The molecule has 1 fully saturated rings. The summed E-state index contributed by atoms with van der Waals surface area (Å²) >= 11 is 0. The van der Waals surface area contributed by atoms with Gasteiger partial charge in [0, 0.05) is 44.0 Å². The van der Waals surface area contributed by atoms with Gasteiger partial charge >= 0.3 is 6.03 Å². The molecule has 1 aromatic heterocycles. The van der Waals surface area contributed by atoms with Gasteiger partial charge in [-0.15, -0.1) is 0 Å². The Morgan fingerprint density at radius 3 is 2.42 bits per heavy atom. The van der Waals surface area contributed by atoms with E-state index >= 15 is 0 Å². The molecule has 0 saturated carbocycles. The van der Waals surface area contributed by atoms with Gasteiger partial charge in [-0.05, 0) is 62.5 Å². The number of anilines is 2. The Kier molecular flexibility index (Phi) is 8.45. The fourth-order valence-electron chi connectivity index (χ4n) is 5.11. The molecule has 5 rings (SSSR count). The van der Waals surface area contributed by atoms with Crippen LogP contribution in [-0.2, 0) is 0 Å². The van der Waals surface area contributed by atoms with Gasteiger partial charge in [-0.3, -0.25) is 9.69 Å². The number of carbonyl (C=O) groups is 1. The molecule has 1 atom stereocenters. The maximum absolute atomic E-state index is 14.3. The highest BCUT2D eigenvalue weighted by Gasteiger charge is 2.32. The quantitative estimate of drug-likeness (QED) is 0.345. The Labute approximate surface area is 248 Å². The summed E-state index contributed by atoms with van der Waals surface area (Å²) in [5.74, 6) is 0.596. The average Bonchev–Trinajstić information content (AvgIpc) is 3.02. The lowest BCUT2D eigenvalue weighted by Crippen LogP contribution is -2.55. The normalized spacial score (nSPS) is 14.2. The van der Waals surface area contributed by atoms with Gasteiger partial charge in [-0.2, -0.15) is 5.26 Å². The van der Waals surface area contributed by atoms with Gasteiger partial charge in [0.25, 0.3) is 5.56 Å². The van der Waals surface area contributed by atoms with E-state index in [1.807, 2.05) is 12.1 Å². The van der Waals surface area contributed by atoms with Crippen molar-refractivity contribution in [3.05, 3.63) is 88.2 Å². The molecule has 222 valence electrons. The highest BCUT2D eigenvalue weighted by Crippen LogP contribution is 2.37. The van der Waals surface area contributed by atoms with E-state index in [-0.39, 0.29) is 22.3 Å². The summed E-state index contributed by atoms with van der Waals surface area (Å²) in [5, 5.41) is 14.2. The fourth-order valence-corrected chi connectivity index (χ4v) is 5.11. The lowest BCUT2D eigenvalue weighted by atomic mass is 10.1. The number of nitriles is 1. The summed E-state index contributed by atoms with van der Waals surface area (Å²) in [4.78, 5) is 36.5. The van der Waals surface area contributed by atoms with Crippen molar-refractivity contribution < 1.29 is 18.7 Å². The Bertz CT molecular complexity index is 1740. The Balaban J connectivity index is 1.68. The van der Waals surface area contributed by atoms with Crippen LogP contribution in [0.1, 0.15) is 24.4 Å². The number of nitrogens with zero attached hydrogens (tertiary/aromatic N) is 6. The maximum atomic E-state index is 14.3. The molecule has 4 aromatic rings. The van der Waals surface area contributed by atoms with Crippen LogP contribution in [0.2, 0.25) is 0 Å².